The summed E-state index contributed by atoms with van der Waals surface area (Å²) in [5.41, 5.74) is 5.55. The third-order valence-electron chi connectivity index (χ3n) is 13.3. The fraction of sp³-hybridized carbons (Fsp3) is 0.489. The molecule has 16 nitrogen and oxygen atoms in total. The van der Waals surface area contributed by atoms with Crippen LogP contribution in [0.25, 0.3) is 22.1 Å². The number of alkyl halides is 3. The van der Waals surface area contributed by atoms with Crippen LogP contribution in [-0.2, 0) is 14.3 Å². The molecule has 0 radical (unpaired) electrons. The van der Waals surface area contributed by atoms with Gasteiger partial charge < -0.3 is 44.6 Å². The van der Waals surface area contributed by atoms with E-state index >= 15 is 0 Å². The van der Waals surface area contributed by atoms with Crippen molar-refractivity contribution in [3.05, 3.63) is 83.4 Å². The van der Waals surface area contributed by atoms with Crippen LogP contribution in [0.15, 0.2) is 60.7 Å². The minimum Gasteiger partial charge on any atom is -0.465 e. The van der Waals surface area contributed by atoms with Gasteiger partial charge in [0, 0.05) is 25.8 Å². The Balaban J connectivity index is 1.09. The van der Waals surface area contributed by atoms with E-state index in [1.807, 2.05) is 64.1 Å². The molecule has 66 heavy (non-hydrogen) atoms. The Morgan fingerprint density at radius 1 is 0.758 bits per heavy atom. The molecule has 3 aliphatic heterocycles. The van der Waals surface area contributed by atoms with Gasteiger partial charge in [-0.15, -0.1) is 13.2 Å². The molecule has 4 amide bonds. The number of halogens is 3. The van der Waals surface area contributed by atoms with Crippen LogP contribution in [0.5, 0.6) is 5.75 Å². The second-order valence-corrected chi connectivity index (χ2v) is 18.2. The van der Waals surface area contributed by atoms with Crippen molar-refractivity contribution in [3.63, 3.8) is 0 Å². The molecule has 5 heterocycles. The number of amides is 4. The number of likely N-dealkylation sites (N-methyl/N-ethyl adjacent to an activating group) is 1. The highest BCUT2D eigenvalue weighted by molar-refractivity contribution is 5.87. The first kappa shape index (κ1) is 46.0. The largest absolute Gasteiger partial charge is 0.573 e. The number of nitrogens with one attached hydrogen (secondary N) is 3. The second-order valence-electron chi connectivity index (χ2n) is 18.2. The highest BCUT2D eigenvalue weighted by atomic mass is 19.4. The second kappa shape index (κ2) is 18.4. The molecular weight excluding hydrogens is 860 g/mol. The van der Waals surface area contributed by atoms with Crippen LogP contribution in [0.2, 0.25) is 0 Å². The van der Waals surface area contributed by atoms with Gasteiger partial charge in [-0.2, -0.15) is 0 Å². The van der Waals surface area contributed by atoms with Gasteiger partial charge in [0.2, 0.25) is 11.8 Å². The molecule has 0 unspecified atom stereocenters. The number of H-pyrrole nitrogens is 2. The van der Waals surface area contributed by atoms with Gasteiger partial charge in [-0.25, -0.2) is 19.6 Å². The molecule has 2 aromatic heterocycles. The van der Waals surface area contributed by atoms with Crippen molar-refractivity contribution in [1.82, 2.24) is 40.0 Å². The number of carbonyl (C=O) groups is 4. The third-order valence-corrected chi connectivity index (χ3v) is 13.3. The predicted molar refractivity (Wildman–Crippen MR) is 238 cm³/mol. The maximum Gasteiger partial charge on any atom is 0.573 e. The molecule has 0 saturated carbocycles. The number of carboxylic acid groups (broad SMARTS) is 1. The third kappa shape index (κ3) is 9.16. The standard InChI is InChI=1S/C47H56F3N9O7/c1-25(2)39(55-45(62)65-6)43(60)57-21-7-9-37(57)41-51-31-17-11-27(23-33(31)53-41)35-19-20-36(59(35)29-13-15-30(16-14-29)66-47(48,49)50)28-12-18-32-34(24-28)54-42(52-32)38-10-8-22-58(38)44(61)40(26(3)4)56(5)46(63)64/h11-18,23-26,35-40H,7-10,19-22H2,1-6H3,(H,51,53)(H,52,54)(H,55,62)(H,63,64)/t35-,36-,37+,38+,39+,40+/m1/s1. The van der Waals surface area contributed by atoms with E-state index < -0.39 is 30.6 Å². The average molecular weight is 916 g/mol. The number of ether oxygens (including phenoxy) is 2. The maximum absolute atomic E-state index is 13.9. The van der Waals surface area contributed by atoms with Gasteiger partial charge in [0.05, 0.1) is 53.3 Å². The van der Waals surface area contributed by atoms with Crippen LogP contribution in [0, 0.1) is 11.8 Å². The first-order chi connectivity index (χ1) is 31.4. The molecule has 4 N–H and O–H groups in total. The molecule has 5 aromatic rings. The Morgan fingerprint density at radius 3 is 1.73 bits per heavy atom. The number of anilines is 1. The number of methoxy groups -OCH3 is 1. The highest BCUT2D eigenvalue weighted by Gasteiger charge is 2.42. The van der Waals surface area contributed by atoms with E-state index in [2.05, 4.69) is 24.9 Å². The number of imidazole rings is 2. The summed E-state index contributed by atoms with van der Waals surface area (Å²) >= 11 is 0. The molecule has 8 rings (SSSR count). The van der Waals surface area contributed by atoms with E-state index in [-0.39, 0.29) is 53.6 Å². The summed E-state index contributed by atoms with van der Waals surface area (Å²) in [7, 11) is 2.67. The summed E-state index contributed by atoms with van der Waals surface area (Å²) in [5, 5.41) is 12.4. The van der Waals surface area contributed by atoms with Gasteiger partial charge >= 0.3 is 18.5 Å². The summed E-state index contributed by atoms with van der Waals surface area (Å²) in [6.07, 6.45) is -2.42. The van der Waals surface area contributed by atoms with E-state index in [1.165, 1.54) is 26.3 Å². The molecule has 0 bridgehead atoms. The van der Waals surface area contributed by atoms with Crippen molar-refractivity contribution >= 4 is 51.8 Å². The molecule has 352 valence electrons. The van der Waals surface area contributed by atoms with Crippen LogP contribution in [0.1, 0.15) is 113 Å². The minimum absolute atomic E-state index is 0.181. The van der Waals surface area contributed by atoms with E-state index in [0.29, 0.717) is 67.1 Å². The quantitative estimate of drug-likeness (QED) is 0.0942. The number of nitrogens with zero attached hydrogens (tertiary/aromatic N) is 6. The smallest absolute Gasteiger partial charge is 0.465 e. The van der Waals surface area contributed by atoms with Crippen LogP contribution in [0.3, 0.4) is 0 Å². The zero-order valence-corrected chi connectivity index (χ0v) is 37.8. The minimum atomic E-state index is -4.84. The van der Waals surface area contributed by atoms with Gasteiger partial charge in [0.1, 0.15) is 29.5 Å². The number of aromatic nitrogens is 4. The molecule has 19 heteroatoms. The first-order valence-electron chi connectivity index (χ1n) is 22.5. The van der Waals surface area contributed by atoms with Gasteiger partial charge in [-0.05, 0) is 110 Å². The zero-order chi connectivity index (χ0) is 47.2. The Bertz CT molecular complexity index is 2600. The highest BCUT2D eigenvalue weighted by Crippen LogP contribution is 2.48. The molecule has 3 saturated heterocycles. The van der Waals surface area contributed by atoms with Gasteiger partial charge in [-0.1, -0.05) is 39.8 Å². The van der Waals surface area contributed by atoms with Crippen LogP contribution in [0.4, 0.5) is 28.4 Å². The van der Waals surface area contributed by atoms with Crippen molar-refractivity contribution in [2.45, 2.75) is 109 Å². The van der Waals surface area contributed by atoms with Crippen LogP contribution < -0.4 is 15.0 Å². The number of rotatable bonds is 12. The van der Waals surface area contributed by atoms with E-state index in [9.17, 15) is 37.5 Å². The topological polar surface area (TPSA) is 189 Å². The molecule has 0 aliphatic carbocycles. The number of benzene rings is 3. The average Bonchev–Trinajstić information content (AvgIpc) is 4.13. The maximum atomic E-state index is 13.9. The first-order valence-corrected chi connectivity index (χ1v) is 22.5. The lowest BCUT2D eigenvalue weighted by Gasteiger charge is -2.33. The molecule has 6 atom stereocenters. The van der Waals surface area contributed by atoms with Gasteiger partial charge in [0.15, 0.2) is 0 Å². The summed E-state index contributed by atoms with van der Waals surface area (Å²) in [4.78, 5) is 75.3. The number of fused-ring (bicyclic) bond motifs is 2. The Hall–Kier alpha value is -6.53. The summed E-state index contributed by atoms with van der Waals surface area (Å²) in [6, 6.07) is 15.1. The number of aromatic amines is 2. The molecule has 0 spiro atoms. The zero-order valence-electron chi connectivity index (χ0n) is 37.8. The van der Waals surface area contributed by atoms with Gasteiger partial charge in [-0.3, -0.25) is 14.5 Å². The predicted octanol–water partition coefficient (Wildman–Crippen LogP) is 8.76. The normalized spacial score (nSPS) is 21.0. The fourth-order valence-corrected chi connectivity index (χ4v) is 10.2. The van der Waals surface area contributed by atoms with E-state index in [1.54, 1.807) is 21.9 Å². The van der Waals surface area contributed by atoms with Crippen LogP contribution in [-0.4, -0.2) is 109 Å². The molecule has 3 aliphatic rings. The molecular formula is C47H56F3N9O7. The lowest BCUT2D eigenvalue weighted by molar-refractivity contribution is -0.274. The number of hydrogen-bond donors (Lipinski definition) is 4. The van der Waals surface area contributed by atoms with Gasteiger partial charge in [0.25, 0.3) is 0 Å². The summed E-state index contributed by atoms with van der Waals surface area (Å²) < 4.78 is 48.6. The van der Waals surface area contributed by atoms with Crippen molar-refractivity contribution in [1.29, 1.82) is 0 Å². The summed E-state index contributed by atoms with van der Waals surface area (Å²) in [5.74, 6) is 0.0300. The van der Waals surface area contributed by atoms with Crippen molar-refractivity contribution in [2.24, 2.45) is 11.8 Å². The van der Waals surface area contributed by atoms with E-state index in [4.69, 9.17) is 14.7 Å². The number of carbonyl (C=O) groups excluding carboxylic acids is 3. The molecule has 3 fully saturated rings. The van der Waals surface area contributed by atoms with Crippen molar-refractivity contribution in [3.8, 4) is 5.75 Å². The Kier molecular flexibility index (Phi) is 12.8. The van der Waals surface area contributed by atoms with Crippen LogP contribution >= 0.6 is 0 Å². The monoisotopic (exact) mass is 915 g/mol. The van der Waals surface area contributed by atoms with Crippen molar-refractivity contribution in [2.75, 3.05) is 32.1 Å². The SMILES string of the molecule is COC(=O)N[C@H](C(=O)N1CCC[C@H]1c1nc2ccc([C@H]3CC[C@H](c4ccc5nc([C@@H]6CCCN6C(=O)[C@H](C(C)C)N(C)C(=O)O)[nH]c5c4)N3c3ccc(OC(F)(F)F)cc3)cc2[nH]1)C(C)C. The molecule has 3 aromatic carbocycles. The number of hydrogen-bond acceptors (Lipinski definition) is 9. The fourth-order valence-electron chi connectivity index (χ4n) is 10.2. The van der Waals surface area contributed by atoms with E-state index in [0.717, 1.165) is 39.9 Å². The lowest BCUT2D eigenvalue weighted by Crippen LogP contribution is -2.51. The van der Waals surface area contributed by atoms with Crippen molar-refractivity contribution < 1.29 is 46.9 Å². The lowest BCUT2D eigenvalue weighted by atomic mass is 10.0. The number of alkyl carbamates (subject to hydrolysis) is 1. The number of likely N-dealkylation sites (tertiary alicyclic amines) is 2. The Morgan fingerprint density at radius 2 is 1.27 bits per heavy atom. The summed E-state index contributed by atoms with van der Waals surface area (Å²) in [6.45, 7) is 8.38. The Labute approximate surface area is 379 Å².